The summed E-state index contributed by atoms with van der Waals surface area (Å²) in [5, 5.41) is 10.8. The number of hydrogen-bond donors (Lipinski definition) is 2. The summed E-state index contributed by atoms with van der Waals surface area (Å²) in [5.74, 6) is -0.0599. The van der Waals surface area contributed by atoms with Crippen LogP contribution in [0.3, 0.4) is 0 Å². The van der Waals surface area contributed by atoms with Crippen LogP contribution in [0.4, 0.5) is 0 Å². The zero-order valence-corrected chi connectivity index (χ0v) is 14.6. The average molecular weight is 321 g/mol. The third kappa shape index (κ3) is 5.62. The van der Waals surface area contributed by atoms with Crippen LogP contribution in [0.15, 0.2) is 12.3 Å². The fourth-order valence-electron chi connectivity index (χ4n) is 3.01. The Morgan fingerprint density at radius 3 is 2.96 bits per heavy atom. The van der Waals surface area contributed by atoms with Crippen LogP contribution in [0.25, 0.3) is 0 Å². The maximum atomic E-state index is 12.1. The van der Waals surface area contributed by atoms with Crippen LogP contribution in [0.1, 0.15) is 56.1 Å². The molecule has 1 amide bonds. The van der Waals surface area contributed by atoms with Gasteiger partial charge in [0.25, 0.3) is 5.91 Å². The van der Waals surface area contributed by atoms with Crippen LogP contribution >= 0.6 is 0 Å². The molecule has 0 aliphatic carbocycles. The summed E-state index contributed by atoms with van der Waals surface area (Å²) < 4.78 is 1.93. The maximum absolute atomic E-state index is 12.1. The number of unbranched alkanes of at least 4 members (excludes halogenated alkanes) is 1. The molecule has 23 heavy (non-hydrogen) atoms. The Labute approximate surface area is 139 Å². The van der Waals surface area contributed by atoms with Gasteiger partial charge in [0, 0.05) is 19.3 Å². The predicted molar refractivity (Wildman–Crippen MR) is 92.7 cm³/mol. The monoisotopic (exact) mass is 321 g/mol. The fraction of sp³-hybridized carbons (Fsp3) is 0.765. The summed E-state index contributed by atoms with van der Waals surface area (Å²) in [6, 6.07) is 2.19. The van der Waals surface area contributed by atoms with E-state index in [-0.39, 0.29) is 5.91 Å². The number of nitrogens with one attached hydrogen (secondary N) is 2. The van der Waals surface area contributed by atoms with Crippen LogP contribution in [0, 0.1) is 0 Å². The van der Waals surface area contributed by atoms with Gasteiger partial charge in [0.05, 0.1) is 6.04 Å². The Bertz CT molecular complexity index is 463. The Kier molecular flexibility index (Phi) is 7.55. The molecule has 1 aromatic heterocycles. The first-order valence-corrected chi connectivity index (χ1v) is 9.01. The zero-order chi connectivity index (χ0) is 16.5. The number of nitrogens with zero attached hydrogens (tertiary/aromatic N) is 3. The Hall–Kier alpha value is -1.40. The lowest BCUT2D eigenvalue weighted by molar-refractivity contribution is 0.0946. The molecular formula is C17H31N5O. The van der Waals surface area contributed by atoms with Crippen molar-refractivity contribution in [1.29, 1.82) is 0 Å². The van der Waals surface area contributed by atoms with E-state index in [1.165, 1.54) is 6.42 Å². The van der Waals surface area contributed by atoms with Crippen molar-refractivity contribution >= 4 is 5.91 Å². The first-order valence-electron chi connectivity index (χ1n) is 9.01. The van der Waals surface area contributed by atoms with Gasteiger partial charge < -0.3 is 15.5 Å². The fourth-order valence-corrected chi connectivity index (χ4v) is 3.01. The molecule has 0 bridgehead atoms. The Balaban J connectivity index is 1.68. The van der Waals surface area contributed by atoms with Crippen molar-refractivity contribution in [2.75, 3.05) is 39.3 Å². The van der Waals surface area contributed by atoms with E-state index >= 15 is 0 Å². The molecule has 1 fully saturated rings. The highest BCUT2D eigenvalue weighted by Crippen LogP contribution is 2.15. The second-order valence-electron chi connectivity index (χ2n) is 6.17. The summed E-state index contributed by atoms with van der Waals surface area (Å²) in [7, 11) is 0. The molecule has 130 valence electrons. The van der Waals surface area contributed by atoms with Crippen molar-refractivity contribution in [3.8, 4) is 0 Å². The lowest BCUT2D eigenvalue weighted by Crippen LogP contribution is -2.32. The van der Waals surface area contributed by atoms with Crippen LogP contribution < -0.4 is 10.6 Å². The summed E-state index contributed by atoms with van der Waals surface area (Å²) in [6.07, 6.45) is 6.34. The minimum absolute atomic E-state index is 0.0599. The van der Waals surface area contributed by atoms with Crippen molar-refractivity contribution in [2.45, 2.75) is 45.6 Å². The normalized spacial score (nSPS) is 18.3. The number of hydrogen-bond acceptors (Lipinski definition) is 4. The topological polar surface area (TPSA) is 62.2 Å². The molecule has 0 spiro atoms. The molecule has 0 aromatic carbocycles. The predicted octanol–water partition coefficient (Wildman–Crippen LogP) is 1.66. The minimum atomic E-state index is -0.0599. The van der Waals surface area contributed by atoms with E-state index < -0.39 is 0 Å². The molecule has 1 aliphatic heterocycles. The van der Waals surface area contributed by atoms with Crippen LogP contribution in [0.5, 0.6) is 0 Å². The zero-order valence-electron chi connectivity index (χ0n) is 14.6. The molecule has 2 heterocycles. The van der Waals surface area contributed by atoms with Crippen LogP contribution in [-0.4, -0.2) is 59.9 Å². The maximum Gasteiger partial charge on any atom is 0.271 e. The van der Waals surface area contributed by atoms with Gasteiger partial charge in [-0.3, -0.25) is 9.48 Å². The first-order chi connectivity index (χ1) is 11.2. The van der Waals surface area contributed by atoms with Crippen molar-refractivity contribution in [3.63, 3.8) is 0 Å². The number of piperidine rings is 1. The van der Waals surface area contributed by atoms with E-state index in [1.807, 2.05) is 16.9 Å². The van der Waals surface area contributed by atoms with E-state index in [9.17, 15) is 4.79 Å². The summed E-state index contributed by atoms with van der Waals surface area (Å²) >= 11 is 0. The van der Waals surface area contributed by atoms with Gasteiger partial charge in [-0.25, -0.2) is 0 Å². The molecule has 1 unspecified atom stereocenters. The van der Waals surface area contributed by atoms with Crippen LogP contribution in [0.2, 0.25) is 0 Å². The molecular weight excluding hydrogens is 290 g/mol. The second kappa shape index (κ2) is 9.67. The largest absolute Gasteiger partial charge is 0.351 e. The molecule has 6 heteroatoms. The number of carbonyl (C=O) groups excluding carboxylic acids is 1. The van der Waals surface area contributed by atoms with E-state index in [1.54, 1.807) is 0 Å². The lowest BCUT2D eigenvalue weighted by atomic mass is 10.1. The van der Waals surface area contributed by atoms with Crippen LogP contribution in [-0.2, 0) is 0 Å². The van der Waals surface area contributed by atoms with Gasteiger partial charge in [-0.15, -0.1) is 0 Å². The van der Waals surface area contributed by atoms with Gasteiger partial charge in [-0.1, -0.05) is 13.8 Å². The highest BCUT2D eigenvalue weighted by Gasteiger charge is 2.17. The third-order valence-corrected chi connectivity index (χ3v) is 4.57. The van der Waals surface area contributed by atoms with Gasteiger partial charge in [0.15, 0.2) is 0 Å². The number of carbonyl (C=O) groups is 1. The van der Waals surface area contributed by atoms with E-state index in [0.29, 0.717) is 11.7 Å². The van der Waals surface area contributed by atoms with Crippen molar-refractivity contribution in [2.24, 2.45) is 0 Å². The molecule has 1 aromatic rings. The molecule has 1 atom stereocenters. The molecule has 1 saturated heterocycles. The standard InChI is InChI=1S/C17H31N5O/c1-3-21(4-2)12-6-5-11-19-17(23)16-9-13-22(20-16)15-8-7-10-18-14-15/h9,13,15,18H,3-8,10-12,14H2,1-2H3,(H,19,23). The van der Waals surface area contributed by atoms with Gasteiger partial charge in [-0.2, -0.15) is 5.10 Å². The second-order valence-corrected chi connectivity index (χ2v) is 6.17. The highest BCUT2D eigenvalue weighted by atomic mass is 16.1. The first kappa shape index (κ1) is 17.9. The average Bonchev–Trinajstić information content (AvgIpc) is 3.09. The SMILES string of the molecule is CCN(CC)CCCCNC(=O)c1ccn(C2CCCNC2)n1. The van der Waals surface area contributed by atoms with Crippen molar-refractivity contribution < 1.29 is 4.79 Å². The van der Waals surface area contributed by atoms with Crippen molar-refractivity contribution in [3.05, 3.63) is 18.0 Å². The smallest absolute Gasteiger partial charge is 0.271 e. The van der Waals surface area contributed by atoms with E-state index in [4.69, 9.17) is 0 Å². The quantitative estimate of drug-likeness (QED) is 0.679. The van der Waals surface area contributed by atoms with E-state index in [0.717, 1.165) is 58.5 Å². The van der Waals surface area contributed by atoms with E-state index in [2.05, 4.69) is 34.5 Å². The number of aromatic nitrogens is 2. The molecule has 2 rings (SSSR count). The Morgan fingerprint density at radius 1 is 1.43 bits per heavy atom. The molecule has 2 N–H and O–H groups in total. The number of rotatable bonds is 9. The lowest BCUT2D eigenvalue weighted by Gasteiger charge is -2.22. The Morgan fingerprint density at radius 2 is 2.26 bits per heavy atom. The summed E-state index contributed by atoms with van der Waals surface area (Å²) in [4.78, 5) is 14.5. The van der Waals surface area contributed by atoms with Gasteiger partial charge in [0.1, 0.15) is 5.69 Å². The van der Waals surface area contributed by atoms with Gasteiger partial charge >= 0.3 is 0 Å². The van der Waals surface area contributed by atoms with Gasteiger partial charge in [-0.05, 0) is 57.9 Å². The van der Waals surface area contributed by atoms with Crippen molar-refractivity contribution in [1.82, 2.24) is 25.3 Å². The summed E-state index contributed by atoms with van der Waals surface area (Å²) in [6.45, 7) is 10.4. The molecule has 0 radical (unpaired) electrons. The molecule has 0 saturated carbocycles. The highest BCUT2D eigenvalue weighted by molar-refractivity contribution is 5.92. The summed E-state index contributed by atoms with van der Waals surface area (Å²) in [5.41, 5.74) is 0.527. The minimum Gasteiger partial charge on any atom is -0.351 e. The molecule has 1 aliphatic rings. The third-order valence-electron chi connectivity index (χ3n) is 4.57. The number of amides is 1. The molecule has 6 nitrogen and oxygen atoms in total. The van der Waals surface area contributed by atoms with Gasteiger partial charge in [0.2, 0.25) is 0 Å².